The molecule has 116 valence electrons. The molecule has 21 heavy (non-hydrogen) atoms. The third-order valence-electron chi connectivity index (χ3n) is 4.45. The maximum Gasteiger partial charge on any atom is 0.272 e. The lowest BCUT2D eigenvalue weighted by Crippen LogP contribution is -2.39. The first kappa shape index (κ1) is 15.8. The second-order valence-electron chi connectivity index (χ2n) is 5.63. The lowest BCUT2D eigenvalue weighted by molar-refractivity contribution is 0.0767. The Labute approximate surface area is 128 Å². The van der Waals surface area contributed by atoms with Gasteiger partial charge in [-0.15, -0.1) is 0 Å². The van der Waals surface area contributed by atoms with Gasteiger partial charge in [0.1, 0.15) is 5.69 Å². The van der Waals surface area contributed by atoms with E-state index in [1.165, 1.54) is 25.7 Å². The highest BCUT2D eigenvalue weighted by atomic mass is 16.2. The van der Waals surface area contributed by atoms with Crippen molar-refractivity contribution in [2.24, 2.45) is 0 Å². The second kappa shape index (κ2) is 7.43. The van der Waals surface area contributed by atoms with Crippen molar-refractivity contribution in [1.29, 1.82) is 0 Å². The Kier molecular flexibility index (Phi) is 5.59. The van der Waals surface area contributed by atoms with Crippen LogP contribution in [0.25, 0.3) is 0 Å². The monoisotopic (exact) mass is 289 g/mol. The minimum atomic E-state index is 0.0252. The van der Waals surface area contributed by atoms with Crippen LogP contribution in [0.1, 0.15) is 56.9 Å². The van der Waals surface area contributed by atoms with Gasteiger partial charge in [-0.3, -0.25) is 4.79 Å². The molecule has 0 aliphatic carbocycles. The van der Waals surface area contributed by atoms with Gasteiger partial charge in [0.25, 0.3) is 5.91 Å². The molecule has 1 aliphatic heterocycles. The summed E-state index contributed by atoms with van der Waals surface area (Å²) >= 11 is 0. The quantitative estimate of drug-likeness (QED) is 0.834. The van der Waals surface area contributed by atoms with Crippen LogP contribution >= 0.6 is 0 Å². The highest BCUT2D eigenvalue weighted by Crippen LogP contribution is 2.26. The van der Waals surface area contributed by atoms with Gasteiger partial charge in [0, 0.05) is 25.7 Å². The predicted molar refractivity (Wildman–Crippen MR) is 86.8 cm³/mol. The molecule has 0 saturated carbocycles. The van der Waals surface area contributed by atoms with Gasteiger partial charge >= 0.3 is 0 Å². The number of anilines is 1. The van der Waals surface area contributed by atoms with Crippen molar-refractivity contribution < 1.29 is 4.79 Å². The molecule has 0 radical (unpaired) electrons. The van der Waals surface area contributed by atoms with Crippen molar-refractivity contribution in [3.8, 4) is 0 Å². The molecule has 1 aliphatic rings. The van der Waals surface area contributed by atoms with Crippen LogP contribution in [0.2, 0.25) is 0 Å². The fourth-order valence-corrected chi connectivity index (χ4v) is 3.12. The van der Waals surface area contributed by atoms with Crippen LogP contribution in [0.4, 0.5) is 5.69 Å². The summed E-state index contributed by atoms with van der Waals surface area (Å²) in [5.41, 5.74) is 1.70. The highest BCUT2D eigenvalue weighted by molar-refractivity contribution is 5.92. The Morgan fingerprint density at radius 1 is 1.29 bits per heavy atom. The van der Waals surface area contributed by atoms with Gasteiger partial charge in [-0.05, 0) is 51.7 Å². The zero-order chi connectivity index (χ0) is 15.2. The summed E-state index contributed by atoms with van der Waals surface area (Å²) in [7, 11) is 0. The van der Waals surface area contributed by atoms with Crippen molar-refractivity contribution >= 4 is 11.6 Å². The van der Waals surface area contributed by atoms with E-state index < -0.39 is 0 Å². The summed E-state index contributed by atoms with van der Waals surface area (Å²) in [6.07, 6.45) is 6.86. The number of carbonyl (C=O) groups is 1. The van der Waals surface area contributed by atoms with E-state index in [1.54, 1.807) is 4.90 Å². The average Bonchev–Trinajstić information content (AvgIpc) is 2.56. The number of nitrogens with zero attached hydrogens (tertiary/aromatic N) is 3. The van der Waals surface area contributed by atoms with Gasteiger partial charge in [0.2, 0.25) is 0 Å². The topological polar surface area (TPSA) is 36.4 Å². The van der Waals surface area contributed by atoms with E-state index >= 15 is 0 Å². The first-order valence-electron chi connectivity index (χ1n) is 8.23. The van der Waals surface area contributed by atoms with Crippen LogP contribution in [-0.4, -0.2) is 41.5 Å². The van der Waals surface area contributed by atoms with E-state index in [4.69, 9.17) is 0 Å². The summed E-state index contributed by atoms with van der Waals surface area (Å²) in [4.78, 5) is 20.9. The third-order valence-corrected chi connectivity index (χ3v) is 4.45. The van der Waals surface area contributed by atoms with Crippen molar-refractivity contribution in [2.75, 3.05) is 24.5 Å². The van der Waals surface area contributed by atoms with Gasteiger partial charge in [0.05, 0.1) is 11.9 Å². The molecule has 4 heteroatoms. The first-order chi connectivity index (χ1) is 10.2. The molecule has 1 aromatic rings. The molecule has 0 aromatic carbocycles. The van der Waals surface area contributed by atoms with E-state index in [2.05, 4.69) is 22.9 Å². The molecule has 2 rings (SSSR count). The molecule has 1 fully saturated rings. The lowest BCUT2D eigenvalue weighted by atomic mass is 9.99. The number of amides is 1. The Hall–Kier alpha value is -1.58. The zero-order valence-electron chi connectivity index (χ0n) is 13.5. The zero-order valence-corrected chi connectivity index (χ0v) is 13.5. The second-order valence-corrected chi connectivity index (χ2v) is 5.63. The van der Waals surface area contributed by atoms with Gasteiger partial charge in [-0.1, -0.05) is 6.92 Å². The first-order valence-corrected chi connectivity index (χ1v) is 8.23. The normalized spacial score (nSPS) is 18.6. The van der Waals surface area contributed by atoms with Crippen molar-refractivity contribution in [1.82, 2.24) is 9.88 Å². The number of pyridine rings is 1. The molecule has 1 unspecified atom stereocenters. The number of rotatable bonds is 5. The standard InChI is InChI=1S/C17H27N3O/c1-4-14-9-7-8-12-20(14)15-10-11-16(18-13-15)17(21)19(5-2)6-3/h10-11,13-14H,4-9,12H2,1-3H3. The molecular formula is C17H27N3O. The number of piperidine rings is 1. The van der Waals surface area contributed by atoms with E-state index in [-0.39, 0.29) is 5.91 Å². The minimum absolute atomic E-state index is 0.0252. The number of hydrogen-bond acceptors (Lipinski definition) is 3. The molecule has 1 saturated heterocycles. The third kappa shape index (κ3) is 3.55. The van der Waals surface area contributed by atoms with Gasteiger partial charge in [0.15, 0.2) is 0 Å². The molecule has 0 bridgehead atoms. The summed E-state index contributed by atoms with van der Waals surface area (Å²) in [5.74, 6) is 0.0252. The molecule has 1 aromatic heterocycles. The van der Waals surface area contributed by atoms with Gasteiger partial charge in [-0.25, -0.2) is 4.98 Å². The van der Waals surface area contributed by atoms with Crippen LogP contribution in [0.3, 0.4) is 0 Å². The van der Waals surface area contributed by atoms with Gasteiger partial charge < -0.3 is 9.80 Å². The molecule has 1 amide bonds. The number of hydrogen-bond donors (Lipinski definition) is 0. The van der Waals surface area contributed by atoms with E-state index in [1.807, 2.05) is 26.1 Å². The van der Waals surface area contributed by atoms with Crippen LogP contribution in [-0.2, 0) is 0 Å². The smallest absolute Gasteiger partial charge is 0.272 e. The molecular weight excluding hydrogens is 262 g/mol. The van der Waals surface area contributed by atoms with Gasteiger partial charge in [-0.2, -0.15) is 0 Å². The van der Waals surface area contributed by atoms with E-state index in [0.717, 1.165) is 25.3 Å². The molecule has 0 N–H and O–H groups in total. The Morgan fingerprint density at radius 2 is 2.05 bits per heavy atom. The van der Waals surface area contributed by atoms with E-state index in [9.17, 15) is 4.79 Å². The molecule has 4 nitrogen and oxygen atoms in total. The SMILES string of the molecule is CCC1CCCCN1c1ccc(C(=O)N(CC)CC)nc1. The summed E-state index contributed by atoms with van der Waals surface area (Å²) in [5, 5.41) is 0. The molecule has 1 atom stereocenters. The molecule has 2 heterocycles. The summed E-state index contributed by atoms with van der Waals surface area (Å²) in [6.45, 7) is 8.79. The average molecular weight is 289 g/mol. The van der Waals surface area contributed by atoms with Crippen LogP contribution in [0.5, 0.6) is 0 Å². The fourth-order valence-electron chi connectivity index (χ4n) is 3.12. The minimum Gasteiger partial charge on any atom is -0.367 e. The summed E-state index contributed by atoms with van der Waals surface area (Å²) in [6, 6.07) is 4.54. The maximum absolute atomic E-state index is 12.3. The van der Waals surface area contributed by atoms with Crippen molar-refractivity contribution in [3.63, 3.8) is 0 Å². The largest absolute Gasteiger partial charge is 0.367 e. The fraction of sp³-hybridized carbons (Fsp3) is 0.647. The van der Waals surface area contributed by atoms with Crippen LogP contribution < -0.4 is 4.90 Å². The van der Waals surface area contributed by atoms with Crippen LogP contribution in [0, 0.1) is 0 Å². The Balaban J connectivity index is 2.12. The predicted octanol–water partition coefficient (Wildman–Crippen LogP) is 3.33. The number of aromatic nitrogens is 1. The Bertz CT molecular complexity index is 454. The van der Waals surface area contributed by atoms with Crippen molar-refractivity contribution in [2.45, 2.75) is 52.5 Å². The highest BCUT2D eigenvalue weighted by Gasteiger charge is 2.22. The molecule has 0 spiro atoms. The summed E-state index contributed by atoms with van der Waals surface area (Å²) < 4.78 is 0. The van der Waals surface area contributed by atoms with Crippen LogP contribution in [0.15, 0.2) is 18.3 Å². The Morgan fingerprint density at radius 3 is 2.62 bits per heavy atom. The maximum atomic E-state index is 12.3. The lowest BCUT2D eigenvalue weighted by Gasteiger charge is -2.37. The van der Waals surface area contributed by atoms with Crippen molar-refractivity contribution in [3.05, 3.63) is 24.0 Å². The number of carbonyl (C=O) groups excluding carboxylic acids is 1. The van der Waals surface area contributed by atoms with E-state index in [0.29, 0.717) is 11.7 Å².